The smallest absolute Gasteiger partial charge is 0.407 e. The third-order valence-electron chi connectivity index (χ3n) is 4.35. The molecule has 0 radical (unpaired) electrons. The molecule has 152 valence electrons. The number of amides is 1. The molecule has 9 nitrogen and oxygen atoms in total. The first kappa shape index (κ1) is 19.9. The van der Waals surface area contributed by atoms with E-state index in [0.29, 0.717) is 11.5 Å². The molecule has 0 spiro atoms. The Morgan fingerprint density at radius 2 is 2.04 bits per heavy atom. The van der Waals surface area contributed by atoms with E-state index < -0.39 is 17.7 Å². The molecule has 2 N–H and O–H groups in total. The average Bonchev–Trinajstić information content (AvgIpc) is 3.22. The van der Waals surface area contributed by atoms with Crippen LogP contribution in [-0.2, 0) is 9.47 Å². The van der Waals surface area contributed by atoms with Crippen LogP contribution in [0, 0.1) is 0 Å². The largest absolute Gasteiger partial charge is 0.461 e. The summed E-state index contributed by atoms with van der Waals surface area (Å²) < 4.78 is 12.0. The van der Waals surface area contributed by atoms with Gasteiger partial charge in [-0.05, 0) is 47.0 Å². The number of rotatable bonds is 5. The molecule has 0 unspecified atom stereocenters. The van der Waals surface area contributed by atoms with Gasteiger partial charge in [-0.25, -0.2) is 14.6 Å². The van der Waals surface area contributed by atoms with Gasteiger partial charge in [-0.2, -0.15) is 9.61 Å². The molecule has 3 rings (SSSR count). The predicted octanol–water partition coefficient (Wildman–Crippen LogP) is 2.76. The van der Waals surface area contributed by atoms with E-state index in [1.807, 2.05) is 20.8 Å². The highest BCUT2D eigenvalue weighted by Crippen LogP contribution is 2.24. The number of hydrogen-bond acceptors (Lipinski definition) is 7. The summed E-state index contributed by atoms with van der Waals surface area (Å²) in [4.78, 5) is 28.3. The number of alkyl carbamates (subject to hydrolysis) is 1. The summed E-state index contributed by atoms with van der Waals surface area (Å²) in [5.74, 6) is 0.200. The lowest BCUT2D eigenvalue weighted by Gasteiger charge is -2.22. The predicted molar refractivity (Wildman–Crippen MR) is 103 cm³/mol. The Balaban J connectivity index is 1.67. The first-order valence-corrected chi connectivity index (χ1v) is 9.53. The summed E-state index contributed by atoms with van der Waals surface area (Å²) in [6, 6.07) is 3.54. The lowest BCUT2D eigenvalue weighted by molar-refractivity contribution is 0.0499. The Hall–Kier alpha value is -2.84. The molecule has 0 saturated heterocycles. The van der Waals surface area contributed by atoms with E-state index in [1.54, 1.807) is 29.8 Å². The Labute approximate surface area is 163 Å². The van der Waals surface area contributed by atoms with Gasteiger partial charge in [-0.15, -0.1) is 0 Å². The number of fused-ring (bicyclic) bond motifs is 1. The molecular formula is C19H27N5O4. The zero-order chi connectivity index (χ0) is 20.3. The Morgan fingerprint density at radius 3 is 2.75 bits per heavy atom. The van der Waals surface area contributed by atoms with Crippen molar-refractivity contribution in [3.05, 3.63) is 24.0 Å². The second-order valence-corrected chi connectivity index (χ2v) is 7.85. The van der Waals surface area contributed by atoms with Gasteiger partial charge in [0.15, 0.2) is 11.3 Å². The number of esters is 1. The van der Waals surface area contributed by atoms with E-state index in [-0.39, 0.29) is 24.4 Å². The van der Waals surface area contributed by atoms with Crippen molar-refractivity contribution >= 4 is 23.5 Å². The third-order valence-corrected chi connectivity index (χ3v) is 4.35. The first-order valence-electron chi connectivity index (χ1n) is 9.53. The van der Waals surface area contributed by atoms with Gasteiger partial charge >= 0.3 is 12.1 Å². The summed E-state index contributed by atoms with van der Waals surface area (Å²) in [7, 11) is 0. The van der Waals surface area contributed by atoms with Gasteiger partial charge in [0.05, 0.1) is 12.8 Å². The van der Waals surface area contributed by atoms with Crippen LogP contribution in [0.5, 0.6) is 0 Å². The van der Waals surface area contributed by atoms with Crippen LogP contribution in [0.2, 0.25) is 0 Å². The van der Waals surface area contributed by atoms with Gasteiger partial charge in [0, 0.05) is 24.2 Å². The van der Waals surface area contributed by atoms with E-state index in [0.717, 1.165) is 19.3 Å². The van der Waals surface area contributed by atoms with E-state index in [2.05, 4.69) is 20.7 Å². The highest BCUT2D eigenvalue weighted by atomic mass is 16.6. The second kappa shape index (κ2) is 8.04. The summed E-state index contributed by atoms with van der Waals surface area (Å²) in [6.07, 6.45) is 3.69. The minimum atomic E-state index is -0.521. The van der Waals surface area contributed by atoms with Gasteiger partial charge in [0.2, 0.25) is 0 Å². The molecule has 2 heterocycles. The zero-order valence-electron chi connectivity index (χ0n) is 16.7. The van der Waals surface area contributed by atoms with E-state index in [9.17, 15) is 9.59 Å². The number of ether oxygens (including phenoxy) is 2. The summed E-state index contributed by atoms with van der Waals surface area (Å²) >= 11 is 0. The van der Waals surface area contributed by atoms with Crippen molar-refractivity contribution < 1.29 is 19.1 Å². The highest BCUT2D eigenvalue weighted by Gasteiger charge is 2.28. The van der Waals surface area contributed by atoms with Crippen LogP contribution in [0.1, 0.15) is 57.4 Å². The molecule has 1 saturated carbocycles. The molecule has 1 aliphatic carbocycles. The fraction of sp³-hybridized carbons (Fsp3) is 0.579. The summed E-state index contributed by atoms with van der Waals surface area (Å²) in [6.45, 7) is 7.56. The van der Waals surface area contributed by atoms with Crippen LogP contribution in [0.25, 0.3) is 5.65 Å². The third kappa shape index (κ3) is 4.90. The number of carbonyl (C=O) groups is 2. The summed E-state index contributed by atoms with van der Waals surface area (Å²) in [5, 5.41) is 10.6. The first-order chi connectivity index (χ1) is 13.2. The molecule has 9 heteroatoms. The normalized spacial score (nSPS) is 19.4. The lowest BCUT2D eigenvalue weighted by Crippen LogP contribution is -2.38. The van der Waals surface area contributed by atoms with Crippen molar-refractivity contribution in [2.24, 2.45) is 0 Å². The second-order valence-electron chi connectivity index (χ2n) is 7.85. The van der Waals surface area contributed by atoms with Gasteiger partial charge in [0.1, 0.15) is 11.4 Å². The maximum atomic E-state index is 12.1. The lowest BCUT2D eigenvalue weighted by atomic mass is 10.2. The number of carbonyl (C=O) groups excluding carboxylic acids is 2. The molecule has 2 aromatic rings. The maximum Gasteiger partial charge on any atom is 0.407 e. The van der Waals surface area contributed by atoms with Gasteiger partial charge < -0.3 is 20.1 Å². The van der Waals surface area contributed by atoms with Crippen LogP contribution in [0.3, 0.4) is 0 Å². The number of aromatic nitrogens is 3. The monoisotopic (exact) mass is 389 g/mol. The van der Waals surface area contributed by atoms with Gasteiger partial charge in [-0.3, -0.25) is 0 Å². The summed E-state index contributed by atoms with van der Waals surface area (Å²) in [5.41, 5.74) is 0.278. The fourth-order valence-corrected chi connectivity index (χ4v) is 3.25. The van der Waals surface area contributed by atoms with E-state index >= 15 is 0 Å². The minimum Gasteiger partial charge on any atom is -0.461 e. The van der Waals surface area contributed by atoms with Gasteiger partial charge in [0.25, 0.3) is 0 Å². The van der Waals surface area contributed by atoms with Crippen molar-refractivity contribution in [3.8, 4) is 0 Å². The van der Waals surface area contributed by atoms with Crippen molar-refractivity contribution in [2.75, 3.05) is 11.9 Å². The molecule has 0 bridgehead atoms. The van der Waals surface area contributed by atoms with E-state index in [4.69, 9.17) is 9.47 Å². The number of anilines is 1. The van der Waals surface area contributed by atoms with Crippen LogP contribution < -0.4 is 10.6 Å². The molecule has 1 fully saturated rings. The van der Waals surface area contributed by atoms with Crippen molar-refractivity contribution in [1.82, 2.24) is 19.9 Å². The molecular weight excluding hydrogens is 362 g/mol. The minimum absolute atomic E-state index is 0.0341. The fourth-order valence-electron chi connectivity index (χ4n) is 3.25. The maximum absolute atomic E-state index is 12.1. The Morgan fingerprint density at radius 1 is 1.29 bits per heavy atom. The zero-order valence-corrected chi connectivity index (χ0v) is 16.7. The molecule has 28 heavy (non-hydrogen) atoms. The van der Waals surface area contributed by atoms with Crippen molar-refractivity contribution in [2.45, 2.75) is 64.6 Å². The quantitative estimate of drug-likeness (QED) is 0.757. The molecule has 0 aliphatic heterocycles. The molecule has 1 aliphatic rings. The molecule has 1 amide bonds. The topological polar surface area (TPSA) is 107 Å². The van der Waals surface area contributed by atoms with Gasteiger partial charge in [-0.1, -0.05) is 0 Å². The average molecular weight is 389 g/mol. The van der Waals surface area contributed by atoms with Crippen molar-refractivity contribution in [3.63, 3.8) is 0 Å². The van der Waals surface area contributed by atoms with Crippen molar-refractivity contribution in [1.29, 1.82) is 0 Å². The Kier molecular flexibility index (Phi) is 5.71. The Bertz CT molecular complexity index is 858. The van der Waals surface area contributed by atoms with E-state index in [1.165, 1.54) is 0 Å². The van der Waals surface area contributed by atoms with Crippen LogP contribution in [-0.4, -0.2) is 51.0 Å². The van der Waals surface area contributed by atoms with Crippen LogP contribution in [0.4, 0.5) is 10.6 Å². The highest BCUT2D eigenvalue weighted by molar-refractivity contribution is 5.88. The molecule has 0 aromatic carbocycles. The number of hydrogen-bond donors (Lipinski definition) is 2. The van der Waals surface area contributed by atoms with Crippen LogP contribution >= 0.6 is 0 Å². The molecule has 2 atom stereocenters. The number of nitrogens with one attached hydrogen (secondary N) is 2. The SMILES string of the molecule is CCOC(=O)c1cc(N[C@H]2CC[C@H](NC(=O)OC(C)(C)C)C2)n2nccc2n1. The standard InChI is InChI=1S/C19H27N5O4/c1-5-27-17(25)14-11-16(24-15(23-14)8-9-20-24)21-12-6-7-13(10-12)22-18(26)28-19(2,3)4/h8-9,11-13,21H,5-7,10H2,1-4H3,(H,22,26)/t12-,13-/m0/s1. The molecule has 2 aromatic heterocycles. The van der Waals surface area contributed by atoms with Crippen LogP contribution in [0.15, 0.2) is 18.3 Å². The number of nitrogens with zero attached hydrogens (tertiary/aromatic N) is 3.